The average Bonchev–Trinajstić information content (AvgIpc) is 2.36. The van der Waals surface area contributed by atoms with Gasteiger partial charge in [-0.3, -0.25) is 4.99 Å². The molecule has 0 unspecified atom stereocenters. The van der Waals surface area contributed by atoms with Crippen molar-refractivity contribution in [2.75, 3.05) is 13.7 Å². The van der Waals surface area contributed by atoms with E-state index < -0.39 is 0 Å². The van der Waals surface area contributed by atoms with Crippen LogP contribution >= 0.6 is 24.0 Å². The number of hydrogen-bond donors (Lipinski definition) is 2. The number of nitrogens with two attached hydrogens (primary N) is 1. The third-order valence-electron chi connectivity index (χ3n) is 2.95. The molecule has 1 aromatic carbocycles. The molecule has 0 bridgehead atoms. The van der Waals surface area contributed by atoms with E-state index in [0.717, 1.165) is 5.75 Å². The first kappa shape index (κ1) is 19.0. The normalized spacial score (nSPS) is 12.0. The SMILES string of the molecule is COc1ccc(C(C)(C)CN=C(N)NC(C)C)cc1.I. The van der Waals surface area contributed by atoms with Crippen LogP contribution in [0, 0.1) is 0 Å². The minimum atomic E-state index is -0.0600. The number of rotatable bonds is 5. The Balaban J connectivity index is 0.00000361. The van der Waals surface area contributed by atoms with Crippen molar-refractivity contribution in [3.05, 3.63) is 29.8 Å². The molecule has 3 N–H and O–H groups in total. The maximum Gasteiger partial charge on any atom is 0.188 e. The topological polar surface area (TPSA) is 59.6 Å². The molecule has 0 saturated heterocycles. The van der Waals surface area contributed by atoms with E-state index in [0.29, 0.717) is 18.5 Å². The van der Waals surface area contributed by atoms with Crippen LogP contribution in [0.2, 0.25) is 0 Å². The predicted octanol–water partition coefficient (Wildman–Crippen LogP) is 2.90. The number of methoxy groups -OCH3 is 1. The lowest BCUT2D eigenvalue weighted by Gasteiger charge is -2.23. The molecule has 0 aliphatic heterocycles. The highest BCUT2D eigenvalue weighted by molar-refractivity contribution is 14.0. The zero-order valence-corrected chi connectivity index (χ0v) is 15.3. The smallest absolute Gasteiger partial charge is 0.188 e. The summed E-state index contributed by atoms with van der Waals surface area (Å²) in [6.07, 6.45) is 0. The second-order valence-corrected chi connectivity index (χ2v) is 5.61. The number of hydrogen-bond acceptors (Lipinski definition) is 2. The molecular weight excluding hydrogens is 365 g/mol. The summed E-state index contributed by atoms with van der Waals surface area (Å²) in [5, 5.41) is 3.09. The Morgan fingerprint density at radius 3 is 2.30 bits per heavy atom. The second-order valence-electron chi connectivity index (χ2n) is 5.61. The molecule has 0 radical (unpaired) electrons. The summed E-state index contributed by atoms with van der Waals surface area (Å²) in [5.74, 6) is 1.36. The van der Waals surface area contributed by atoms with Gasteiger partial charge < -0.3 is 15.8 Å². The Labute approximate surface area is 139 Å². The van der Waals surface area contributed by atoms with Gasteiger partial charge in [0, 0.05) is 11.5 Å². The van der Waals surface area contributed by atoms with E-state index >= 15 is 0 Å². The monoisotopic (exact) mass is 391 g/mol. The fourth-order valence-electron chi connectivity index (χ4n) is 1.76. The molecule has 0 aliphatic carbocycles. The maximum absolute atomic E-state index is 5.82. The van der Waals surface area contributed by atoms with Gasteiger partial charge in [0.05, 0.1) is 13.7 Å². The zero-order valence-electron chi connectivity index (χ0n) is 12.9. The third kappa shape index (κ3) is 5.98. The lowest BCUT2D eigenvalue weighted by Crippen LogP contribution is -2.38. The summed E-state index contributed by atoms with van der Waals surface area (Å²) in [4.78, 5) is 4.41. The minimum absolute atomic E-state index is 0. The highest BCUT2D eigenvalue weighted by Crippen LogP contribution is 2.25. The quantitative estimate of drug-likeness (QED) is 0.461. The predicted molar refractivity (Wildman–Crippen MR) is 96.2 cm³/mol. The highest BCUT2D eigenvalue weighted by atomic mass is 127. The van der Waals surface area contributed by atoms with Crippen molar-refractivity contribution in [2.24, 2.45) is 10.7 Å². The largest absolute Gasteiger partial charge is 0.497 e. The van der Waals surface area contributed by atoms with E-state index in [1.807, 2.05) is 26.0 Å². The van der Waals surface area contributed by atoms with Gasteiger partial charge in [-0.2, -0.15) is 0 Å². The number of nitrogens with zero attached hydrogens (tertiary/aromatic N) is 1. The van der Waals surface area contributed by atoms with Gasteiger partial charge in [0.15, 0.2) is 5.96 Å². The van der Waals surface area contributed by atoms with Gasteiger partial charge in [0.1, 0.15) is 5.75 Å². The van der Waals surface area contributed by atoms with Crippen molar-refractivity contribution in [3.8, 4) is 5.75 Å². The van der Waals surface area contributed by atoms with E-state index in [1.54, 1.807) is 7.11 Å². The Kier molecular flexibility index (Phi) is 7.93. The third-order valence-corrected chi connectivity index (χ3v) is 2.95. The van der Waals surface area contributed by atoms with Crippen LogP contribution in [0.25, 0.3) is 0 Å². The minimum Gasteiger partial charge on any atom is -0.497 e. The number of nitrogens with one attached hydrogen (secondary N) is 1. The first-order valence-corrected chi connectivity index (χ1v) is 6.56. The molecule has 4 nitrogen and oxygen atoms in total. The first-order chi connectivity index (χ1) is 8.85. The number of halogens is 1. The molecule has 0 spiro atoms. The van der Waals surface area contributed by atoms with E-state index in [2.05, 4.69) is 36.3 Å². The molecule has 114 valence electrons. The standard InChI is InChI=1S/C15H25N3O.HI/c1-11(2)18-14(16)17-10-15(3,4)12-6-8-13(19-5)9-7-12;/h6-9,11H,10H2,1-5H3,(H3,16,17,18);1H. The lowest BCUT2D eigenvalue weighted by atomic mass is 9.85. The number of ether oxygens (including phenoxy) is 1. The second kappa shape index (κ2) is 8.34. The summed E-state index contributed by atoms with van der Waals surface area (Å²) in [6, 6.07) is 8.38. The van der Waals surface area contributed by atoms with Crippen LogP contribution in [0.15, 0.2) is 29.3 Å². The van der Waals surface area contributed by atoms with E-state index in [1.165, 1.54) is 5.56 Å². The highest BCUT2D eigenvalue weighted by Gasteiger charge is 2.20. The Hall–Kier alpha value is -0.980. The van der Waals surface area contributed by atoms with Gasteiger partial charge in [0.25, 0.3) is 0 Å². The van der Waals surface area contributed by atoms with Crippen LogP contribution in [0.4, 0.5) is 0 Å². The molecule has 0 aromatic heterocycles. The van der Waals surface area contributed by atoms with Crippen molar-refractivity contribution in [1.29, 1.82) is 0 Å². The maximum atomic E-state index is 5.82. The van der Waals surface area contributed by atoms with Crippen LogP contribution in [-0.4, -0.2) is 25.7 Å². The molecule has 0 atom stereocenters. The van der Waals surface area contributed by atoms with Gasteiger partial charge in [-0.25, -0.2) is 0 Å². The molecule has 0 amide bonds. The summed E-state index contributed by atoms with van der Waals surface area (Å²) >= 11 is 0. The molecule has 20 heavy (non-hydrogen) atoms. The molecule has 1 aromatic rings. The zero-order chi connectivity index (χ0) is 14.5. The van der Waals surface area contributed by atoms with Crippen molar-refractivity contribution in [1.82, 2.24) is 5.32 Å². The van der Waals surface area contributed by atoms with Crippen LogP contribution in [0.1, 0.15) is 33.3 Å². The summed E-state index contributed by atoms with van der Waals surface area (Å²) in [6.45, 7) is 9.03. The summed E-state index contributed by atoms with van der Waals surface area (Å²) in [5.41, 5.74) is 6.98. The van der Waals surface area contributed by atoms with Crippen molar-refractivity contribution >= 4 is 29.9 Å². The van der Waals surface area contributed by atoms with Crippen LogP contribution in [-0.2, 0) is 5.41 Å². The summed E-state index contributed by atoms with van der Waals surface area (Å²) < 4.78 is 5.17. The van der Waals surface area contributed by atoms with E-state index in [-0.39, 0.29) is 29.4 Å². The van der Waals surface area contributed by atoms with Gasteiger partial charge >= 0.3 is 0 Å². The number of aliphatic imine (C=N–C) groups is 1. The van der Waals surface area contributed by atoms with Crippen LogP contribution < -0.4 is 15.8 Å². The van der Waals surface area contributed by atoms with Crippen molar-refractivity contribution in [3.63, 3.8) is 0 Å². The Bertz CT molecular complexity index is 427. The van der Waals surface area contributed by atoms with E-state index in [4.69, 9.17) is 10.5 Å². The Morgan fingerprint density at radius 2 is 1.85 bits per heavy atom. The first-order valence-electron chi connectivity index (χ1n) is 6.56. The molecule has 0 fully saturated rings. The molecule has 1 rings (SSSR count). The Morgan fingerprint density at radius 1 is 1.30 bits per heavy atom. The fraction of sp³-hybridized carbons (Fsp3) is 0.533. The molecule has 0 saturated carbocycles. The lowest BCUT2D eigenvalue weighted by molar-refractivity contribution is 0.414. The molecule has 0 heterocycles. The van der Waals surface area contributed by atoms with Crippen LogP contribution in [0.5, 0.6) is 5.75 Å². The van der Waals surface area contributed by atoms with Gasteiger partial charge in [0.2, 0.25) is 0 Å². The molecular formula is C15H26IN3O. The molecule has 0 aliphatic rings. The van der Waals surface area contributed by atoms with Gasteiger partial charge in [-0.15, -0.1) is 24.0 Å². The van der Waals surface area contributed by atoms with Crippen molar-refractivity contribution < 1.29 is 4.74 Å². The average molecular weight is 391 g/mol. The van der Waals surface area contributed by atoms with Crippen molar-refractivity contribution in [2.45, 2.75) is 39.2 Å². The number of benzene rings is 1. The molecule has 5 heteroatoms. The van der Waals surface area contributed by atoms with Gasteiger partial charge in [-0.05, 0) is 31.5 Å². The van der Waals surface area contributed by atoms with Crippen LogP contribution in [0.3, 0.4) is 0 Å². The fourth-order valence-corrected chi connectivity index (χ4v) is 1.76. The van der Waals surface area contributed by atoms with E-state index in [9.17, 15) is 0 Å². The summed E-state index contributed by atoms with van der Waals surface area (Å²) in [7, 11) is 1.67. The van der Waals surface area contributed by atoms with Gasteiger partial charge in [-0.1, -0.05) is 26.0 Å². The number of guanidine groups is 1.